The number of carbonyl (C=O) groups is 1. The fraction of sp³-hybridized carbons (Fsp3) is 0.320. The summed E-state index contributed by atoms with van der Waals surface area (Å²) in [7, 11) is 0. The fourth-order valence-electron chi connectivity index (χ4n) is 3.42. The van der Waals surface area contributed by atoms with Crippen LogP contribution in [0.25, 0.3) is 11.6 Å². The molecule has 0 radical (unpaired) electrons. The van der Waals surface area contributed by atoms with Gasteiger partial charge in [0.2, 0.25) is 0 Å². The second-order valence-electron chi connectivity index (χ2n) is 7.03. The molecule has 0 heterocycles. The fourth-order valence-corrected chi connectivity index (χ4v) is 3.42. The van der Waals surface area contributed by atoms with Crippen molar-refractivity contribution in [1.82, 2.24) is 0 Å². The highest BCUT2D eigenvalue weighted by Crippen LogP contribution is 2.32. The Labute approximate surface area is 167 Å². The van der Waals surface area contributed by atoms with Crippen LogP contribution in [0.1, 0.15) is 48.8 Å². The predicted molar refractivity (Wildman–Crippen MR) is 114 cm³/mol. The lowest BCUT2D eigenvalue weighted by Crippen LogP contribution is -2.03. The minimum absolute atomic E-state index is 0.346. The van der Waals surface area contributed by atoms with Gasteiger partial charge in [-0.2, -0.15) is 0 Å². The molecule has 0 amide bonds. The average Bonchev–Trinajstić information content (AvgIpc) is 2.75. The molecule has 0 aliphatic heterocycles. The number of carbonyl (C=O) groups excluding carboxylic acids is 1. The molecule has 0 saturated heterocycles. The Balaban J connectivity index is 1.41. The monoisotopic (exact) mass is 376 g/mol. The van der Waals surface area contributed by atoms with Crippen molar-refractivity contribution in [2.75, 3.05) is 13.2 Å². The van der Waals surface area contributed by atoms with Crippen LogP contribution < -0.4 is 4.74 Å². The van der Waals surface area contributed by atoms with E-state index >= 15 is 0 Å². The van der Waals surface area contributed by atoms with Gasteiger partial charge in [-0.1, -0.05) is 49.1 Å². The Morgan fingerprint density at radius 1 is 0.964 bits per heavy atom. The third-order valence-corrected chi connectivity index (χ3v) is 4.97. The van der Waals surface area contributed by atoms with E-state index in [1.54, 1.807) is 0 Å². The number of allylic oxidation sites excluding steroid dienone is 1. The summed E-state index contributed by atoms with van der Waals surface area (Å²) in [6.07, 6.45) is 9.61. The summed E-state index contributed by atoms with van der Waals surface area (Å²) in [6.45, 7) is 4.56. The number of benzene rings is 2. The Bertz CT molecular complexity index is 821. The van der Waals surface area contributed by atoms with Crippen LogP contribution in [0, 0.1) is 0 Å². The molecule has 0 unspecified atom stereocenters. The molecule has 3 nitrogen and oxygen atoms in total. The lowest BCUT2D eigenvalue weighted by molar-refractivity contribution is -0.137. The van der Waals surface area contributed by atoms with Crippen molar-refractivity contribution in [3.63, 3.8) is 0 Å². The van der Waals surface area contributed by atoms with Crippen molar-refractivity contribution in [3.8, 4) is 5.75 Å². The standard InChI is InChI=1S/C25H28O3/c1-2-25(26)28-17-9-4-3-8-16-27-24-15-14-22-18-21(12-13-23(22)19-24)20-10-6-5-7-11-20/h2,5-7,10-11,14-15,18-19H,1,3-4,8-9,12-13,16-17H2. The maximum absolute atomic E-state index is 10.9. The van der Waals surface area contributed by atoms with Crippen LogP contribution in [0.2, 0.25) is 0 Å². The van der Waals surface area contributed by atoms with E-state index in [4.69, 9.17) is 9.47 Å². The van der Waals surface area contributed by atoms with Crippen LogP contribution >= 0.6 is 0 Å². The first-order valence-electron chi connectivity index (χ1n) is 10.1. The molecule has 0 spiro atoms. The van der Waals surface area contributed by atoms with Crippen LogP contribution in [-0.4, -0.2) is 19.2 Å². The highest BCUT2D eigenvalue weighted by atomic mass is 16.5. The third-order valence-electron chi connectivity index (χ3n) is 4.97. The van der Waals surface area contributed by atoms with E-state index in [0.717, 1.165) is 50.9 Å². The molecular formula is C25H28O3. The molecule has 0 N–H and O–H groups in total. The topological polar surface area (TPSA) is 35.5 Å². The molecule has 0 aromatic heterocycles. The highest BCUT2D eigenvalue weighted by Gasteiger charge is 2.12. The van der Waals surface area contributed by atoms with Gasteiger partial charge in [0.1, 0.15) is 5.75 Å². The van der Waals surface area contributed by atoms with Crippen molar-refractivity contribution >= 4 is 17.6 Å². The molecule has 146 valence electrons. The van der Waals surface area contributed by atoms with Gasteiger partial charge in [0, 0.05) is 6.08 Å². The number of fused-ring (bicyclic) bond motifs is 1. The van der Waals surface area contributed by atoms with Crippen LogP contribution in [0.5, 0.6) is 5.75 Å². The first-order chi connectivity index (χ1) is 13.8. The first kappa shape index (κ1) is 19.9. The molecule has 2 aromatic rings. The van der Waals surface area contributed by atoms with Gasteiger partial charge in [0.15, 0.2) is 0 Å². The van der Waals surface area contributed by atoms with Crippen LogP contribution in [0.4, 0.5) is 0 Å². The van der Waals surface area contributed by atoms with Crippen molar-refractivity contribution in [1.29, 1.82) is 0 Å². The minimum atomic E-state index is -0.346. The summed E-state index contributed by atoms with van der Waals surface area (Å²) in [5.41, 5.74) is 5.38. The number of aryl methyl sites for hydroxylation is 1. The van der Waals surface area contributed by atoms with Gasteiger partial charge in [0.25, 0.3) is 0 Å². The van der Waals surface area contributed by atoms with Gasteiger partial charge in [-0.25, -0.2) is 4.79 Å². The second kappa shape index (κ2) is 10.5. The van der Waals surface area contributed by atoms with Gasteiger partial charge in [-0.3, -0.25) is 0 Å². The van der Waals surface area contributed by atoms with Gasteiger partial charge < -0.3 is 9.47 Å². The Morgan fingerprint density at radius 2 is 1.75 bits per heavy atom. The van der Waals surface area contributed by atoms with Crippen molar-refractivity contribution in [2.45, 2.75) is 38.5 Å². The summed E-state index contributed by atoms with van der Waals surface area (Å²) < 4.78 is 10.9. The van der Waals surface area contributed by atoms with Crippen LogP contribution in [0.3, 0.4) is 0 Å². The molecule has 0 bridgehead atoms. The molecule has 2 aromatic carbocycles. The second-order valence-corrected chi connectivity index (χ2v) is 7.03. The quantitative estimate of drug-likeness (QED) is 0.297. The summed E-state index contributed by atoms with van der Waals surface area (Å²) in [6, 6.07) is 17.0. The molecule has 3 rings (SSSR count). The van der Waals surface area contributed by atoms with Gasteiger partial charge >= 0.3 is 5.97 Å². The number of rotatable bonds is 10. The normalized spacial score (nSPS) is 12.6. The molecule has 0 saturated carbocycles. The van der Waals surface area contributed by atoms with E-state index < -0.39 is 0 Å². The molecule has 0 atom stereocenters. The van der Waals surface area contributed by atoms with Gasteiger partial charge in [0.05, 0.1) is 13.2 Å². The Morgan fingerprint density at radius 3 is 2.54 bits per heavy atom. The van der Waals surface area contributed by atoms with E-state index in [2.05, 4.69) is 61.2 Å². The lowest BCUT2D eigenvalue weighted by atomic mass is 9.88. The van der Waals surface area contributed by atoms with Gasteiger partial charge in [-0.15, -0.1) is 0 Å². The maximum atomic E-state index is 10.9. The van der Waals surface area contributed by atoms with E-state index in [0.29, 0.717) is 6.61 Å². The van der Waals surface area contributed by atoms with Crippen LogP contribution in [-0.2, 0) is 16.0 Å². The SMILES string of the molecule is C=CC(=O)OCCCCCCOc1ccc2c(c1)CCC(c1ccccc1)=C2. The number of esters is 1. The lowest BCUT2D eigenvalue weighted by Gasteiger charge is -2.18. The first-order valence-corrected chi connectivity index (χ1v) is 10.1. The summed E-state index contributed by atoms with van der Waals surface area (Å²) in [5.74, 6) is 0.608. The Kier molecular flexibility index (Phi) is 7.48. The summed E-state index contributed by atoms with van der Waals surface area (Å²) in [4.78, 5) is 10.9. The molecule has 1 aliphatic rings. The van der Waals surface area contributed by atoms with Gasteiger partial charge in [-0.05, 0) is 72.9 Å². The number of ether oxygens (including phenoxy) is 2. The number of unbranched alkanes of at least 4 members (excludes halogenated alkanes) is 3. The molecule has 1 aliphatic carbocycles. The number of hydrogen-bond acceptors (Lipinski definition) is 3. The molecule has 0 fully saturated rings. The zero-order valence-corrected chi connectivity index (χ0v) is 16.4. The average molecular weight is 376 g/mol. The summed E-state index contributed by atoms with van der Waals surface area (Å²) in [5, 5.41) is 0. The van der Waals surface area contributed by atoms with E-state index in [1.807, 2.05) is 0 Å². The van der Waals surface area contributed by atoms with E-state index in [9.17, 15) is 4.79 Å². The van der Waals surface area contributed by atoms with E-state index in [-0.39, 0.29) is 5.97 Å². The Hall–Kier alpha value is -2.81. The van der Waals surface area contributed by atoms with Crippen molar-refractivity contribution < 1.29 is 14.3 Å². The minimum Gasteiger partial charge on any atom is -0.494 e. The predicted octanol–water partition coefficient (Wildman–Crippen LogP) is 5.84. The van der Waals surface area contributed by atoms with Crippen LogP contribution in [0.15, 0.2) is 61.2 Å². The third kappa shape index (κ3) is 5.85. The highest BCUT2D eigenvalue weighted by molar-refractivity contribution is 5.84. The largest absolute Gasteiger partial charge is 0.494 e. The van der Waals surface area contributed by atoms with Crippen molar-refractivity contribution in [2.24, 2.45) is 0 Å². The number of hydrogen-bond donors (Lipinski definition) is 0. The van der Waals surface area contributed by atoms with Crippen molar-refractivity contribution in [3.05, 3.63) is 77.9 Å². The smallest absolute Gasteiger partial charge is 0.330 e. The zero-order chi connectivity index (χ0) is 19.6. The summed E-state index contributed by atoms with van der Waals surface area (Å²) >= 11 is 0. The van der Waals surface area contributed by atoms with E-state index in [1.165, 1.54) is 28.3 Å². The zero-order valence-electron chi connectivity index (χ0n) is 16.4. The maximum Gasteiger partial charge on any atom is 0.330 e. The molecule has 3 heteroatoms. The molecular weight excluding hydrogens is 348 g/mol. The molecule has 28 heavy (non-hydrogen) atoms.